The molecule has 0 spiro atoms. The molecule has 0 fully saturated rings. The van der Waals surface area contributed by atoms with Crippen LogP contribution in [0, 0.1) is 0 Å². The van der Waals surface area contributed by atoms with Crippen molar-refractivity contribution in [2.75, 3.05) is 5.73 Å². The zero-order valence-electron chi connectivity index (χ0n) is 6.68. The topological polar surface area (TPSA) is 76.0 Å². The molecule has 1 rings (SSSR count). The number of alkyl halides is 2. The van der Waals surface area contributed by atoms with Crippen LogP contribution in [0.1, 0.15) is 22.6 Å². The average molecular weight is 223 g/mol. The molecular formula is C7H5ClF2N2O2. The second-order valence-corrected chi connectivity index (χ2v) is 2.79. The van der Waals surface area contributed by atoms with Crippen molar-refractivity contribution in [2.24, 2.45) is 0 Å². The molecule has 0 radical (unpaired) electrons. The SMILES string of the molecule is Nc1c(C(F)F)[nH]c(C(=O)Cl)cc1=O. The number of pyridine rings is 1. The molecule has 0 aromatic carbocycles. The van der Waals surface area contributed by atoms with Gasteiger partial charge in [0, 0.05) is 6.07 Å². The monoisotopic (exact) mass is 222 g/mol. The molecule has 0 atom stereocenters. The number of halogens is 3. The molecule has 0 saturated heterocycles. The van der Waals surface area contributed by atoms with Crippen molar-refractivity contribution in [1.82, 2.24) is 4.98 Å². The number of rotatable bonds is 2. The van der Waals surface area contributed by atoms with E-state index in [1.54, 1.807) is 0 Å². The van der Waals surface area contributed by atoms with Crippen LogP contribution in [0.25, 0.3) is 0 Å². The first-order valence-electron chi connectivity index (χ1n) is 3.44. The molecular weight excluding hydrogens is 218 g/mol. The predicted molar refractivity (Wildman–Crippen MR) is 46.6 cm³/mol. The molecule has 0 bridgehead atoms. The minimum atomic E-state index is -2.96. The maximum atomic E-state index is 12.2. The summed E-state index contributed by atoms with van der Waals surface area (Å²) in [6.07, 6.45) is -2.96. The number of carbonyl (C=O) groups is 1. The zero-order chi connectivity index (χ0) is 10.9. The molecule has 7 heteroatoms. The Bertz CT molecular complexity index is 430. The maximum absolute atomic E-state index is 12.2. The molecule has 0 aliphatic rings. The molecule has 0 aliphatic carbocycles. The largest absolute Gasteiger partial charge is 0.394 e. The standard InChI is InChI=1S/C7H5ClF2N2O2/c8-6(14)2-1-3(13)4(11)5(12-2)7(9)10/h1,7H,11H2,(H,12,13). The second kappa shape index (κ2) is 3.75. The number of nitrogens with two attached hydrogens (primary N) is 1. The lowest BCUT2D eigenvalue weighted by atomic mass is 10.2. The number of hydrogen-bond acceptors (Lipinski definition) is 3. The summed E-state index contributed by atoms with van der Waals surface area (Å²) >= 11 is 5.01. The molecule has 1 aromatic rings. The van der Waals surface area contributed by atoms with Crippen LogP contribution < -0.4 is 11.2 Å². The summed E-state index contributed by atoms with van der Waals surface area (Å²) in [6.45, 7) is 0. The Morgan fingerprint density at radius 1 is 1.57 bits per heavy atom. The lowest BCUT2D eigenvalue weighted by Gasteiger charge is -2.04. The highest BCUT2D eigenvalue weighted by Crippen LogP contribution is 2.20. The maximum Gasteiger partial charge on any atom is 0.280 e. The first kappa shape index (κ1) is 10.6. The summed E-state index contributed by atoms with van der Waals surface area (Å²) in [7, 11) is 0. The van der Waals surface area contributed by atoms with E-state index in [1.807, 2.05) is 4.98 Å². The van der Waals surface area contributed by atoms with E-state index < -0.39 is 34.2 Å². The number of carbonyl (C=O) groups excluding carboxylic acids is 1. The Balaban J connectivity index is 3.43. The predicted octanol–water partition coefficient (Wildman–Crippen LogP) is 1.27. The highest BCUT2D eigenvalue weighted by molar-refractivity contribution is 6.67. The Labute approximate surface area is 81.7 Å². The molecule has 0 aliphatic heterocycles. The third-order valence-corrected chi connectivity index (χ3v) is 1.73. The van der Waals surface area contributed by atoms with Crippen LogP contribution in [0.4, 0.5) is 14.5 Å². The van der Waals surface area contributed by atoms with Gasteiger partial charge in [-0.2, -0.15) is 0 Å². The third kappa shape index (κ3) is 1.90. The normalized spacial score (nSPS) is 10.6. The molecule has 3 N–H and O–H groups in total. The van der Waals surface area contributed by atoms with Crippen LogP contribution in [0.5, 0.6) is 0 Å². The molecule has 0 amide bonds. The first-order valence-corrected chi connectivity index (χ1v) is 3.82. The highest BCUT2D eigenvalue weighted by atomic mass is 35.5. The van der Waals surface area contributed by atoms with E-state index in [9.17, 15) is 18.4 Å². The number of nitrogens with one attached hydrogen (secondary N) is 1. The van der Waals surface area contributed by atoms with Crippen molar-refractivity contribution in [3.05, 3.63) is 27.7 Å². The fourth-order valence-corrected chi connectivity index (χ4v) is 0.970. The summed E-state index contributed by atoms with van der Waals surface area (Å²) in [5.41, 5.74) is 2.41. The van der Waals surface area contributed by atoms with Crippen LogP contribution in [-0.4, -0.2) is 10.2 Å². The van der Waals surface area contributed by atoms with Gasteiger partial charge in [0.25, 0.3) is 11.7 Å². The van der Waals surface area contributed by atoms with E-state index in [0.717, 1.165) is 6.07 Å². The molecule has 76 valence electrons. The average Bonchev–Trinajstić information content (AvgIpc) is 2.08. The number of H-pyrrole nitrogens is 1. The van der Waals surface area contributed by atoms with Gasteiger partial charge in [0.2, 0.25) is 5.43 Å². The Morgan fingerprint density at radius 3 is 2.57 bits per heavy atom. The Kier molecular flexibility index (Phi) is 2.85. The van der Waals surface area contributed by atoms with E-state index in [1.165, 1.54) is 0 Å². The molecule has 14 heavy (non-hydrogen) atoms. The van der Waals surface area contributed by atoms with Crippen LogP contribution in [-0.2, 0) is 0 Å². The minimum absolute atomic E-state index is 0.402. The van der Waals surface area contributed by atoms with Gasteiger partial charge in [-0.25, -0.2) is 8.78 Å². The third-order valence-electron chi connectivity index (χ3n) is 1.53. The molecule has 4 nitrogen and oxygen atoms in total. The summed E-state index contributed by atoms with van der Waals surface area (Å²) in [6, 6.07) is 0.774. The highest BCUT2D eigenvalue weighted by Gasteiger charge is 2.17. The van der Waals surface area contributed by atoms with Crippen molar-refractivity contribution in [3.8, 4) is 0 Å². The van der Waals surface area contributed by atoms with Gasteiger partial charge in [0.05, 0.1) is 0 Å². The molecule has 0 unspecified atom stereocenters. The van der Waals surface area contributed by atoms with Gasteiger partial charge < -0.3 is 10.7 Å². The van der Waals surface area contributed by atoms with Crippen LogP contribution in [0.15, 0.2) is 10.9 Å². The smallest absolute Gasteiger partial charge is 0.280 e. The van der Waals surface area contributed by atoms with Crippen molar-refractivity contribution in [1.29, 1.82) is 0 Å². The zero-order valence-corrected chi connectivity index (χ0v) is 7.44. The summed E-state index contributed by atoms with van der Waals surface area (Å²) in [5.74, 6) is 0. The fourth-order valence-electron chi connectivity index (χ4n) is 0.868. The van der Waals surface area contributed by atoms with Crippen molar-refractivity contribution >= 4 is 22.5 Å². The van der Waals surface area contributed by atoms with E-state index in [4.69, 9.17) is 17.3 Å². The van der Waals surface area contributed by atoms with Gasteiger partial charge in [-0.15, -0.1) is 0 Å². The number of anilines is 1. The van der Waals surface area contributed by atoms with Crippen LogP contribution >= 0.6 is 11.6 Å². The number of hydrogen-bond donors (Lipinski definition) is 2. The molecule has 1 heterocycles. The van der Waals surface area contributed by atoms with Crippen molar-refractivity contribution < 1.29 is 13.6 Å². The van der Waals surface area contributed by atoms with Gasteiger partial charge in [0.15, 0.2) is 0 Å². The van der Waals surface area contributed by atoms with E-state index >= 15 is 0 Å². The van der Waals surface area contributed by atoms with Gasteiger partial charge in [0.1, 0.15) is 17.1 Å². The van der Waals surface area contributed by atoms with E-state index in [2.05, 4.69) is 0 Å². The summed E-state index contributed by atoms with van der Waals surface area (Å²) < 4.78 is 24.5. The number of aromatic nitrogens is 1. The number of aromatic amines is 1. The molecule has 0 saturated carbocycles. The van der Waals surface area contributed by atoms with Gasteiger partial charge in [-0.3, -0.25) is 9.59 Å². The van der Waals surface area contributed by atoms with E-state index in [0.29, 0.717) is 0 Å². The summed E-state index contributed by atoms with van der Waals surface area (Å²) in [4.78, 5) is 23.6. The van der Waals surface area contributed by atoms with Gasteiger partial charge in [-0.1, -0.05) is 0 Å². The van der Waals surface area contributed by atoms with E-state index in [-0.39, 0.29) is 0 Å². The Morgan fingerprint density at radius 2 is 2.14 bits per heavy atom. The summed E-state index contributed by atoms with van der Waals surface area (Å²) in [5, 5.41) is -1.02. The minimum Gasteiger partial charge on any atom is -0.394 e. The lowest BCUT2D eigenvalue weighted by Crippen LogP contribution is -2.15. The van der Waals surface area contributed by atoms with Gasteiger partial charge in [-0.05, 0) is 11.6 Å². The van der Waals surface area contributed by atoms with Crippen LogP contribution in [0.2, 0.25) is 0 Å². The van der Waals surface area contributed by atoms with Gasteiger partial charge >= 0.3 is 0 Å². The van der Waals surface area contributed by atoms with Crippen LogP contribution in [0.3, 0.4) is 0 Å². The van der Waals surface area contributed by atoms with Crippen molar-refractivity contribution in [3.63, 3.8) is 0 Å². The quantitative estimate of drug-likeness (QED) is 0.740. The first-order chi connectivity index (χ1) is 6.43. The lowest BCUT2D eigenvalue weighted by molar-refractivity contribution is 0.107. The van der Waals surface area contributed by atoms with Crippen molar-refractivity contribution in [2.45, 2.75) is 6.43 Å². The second-order valence-electron chi connectivity index (χ2n) is 2.45. The molecule has 1 aromatic heterocycles. The number of nitrogen functional groups attached to an aromatic ring is 1. The fraction of sp³-hybridized carbons (Fsp3) is 0.143. The Hall–Kier alpha value is -1.43.